The van der Waals surface area contributed by atoms with Gasteiger partial charge in [-0.25, -0.2) is 4.98 Å². The zero-order valence-corrected chi connectivity index (χ0v) is 17.1. The van der Waals surface area contributed by atoms with Gasteiger partial charge in [-0.05, 0) is 48.9 Å². The third-order valence-electron chi connectivity index (χ3n) is 4.62. The monoisotopic (exact) mass is 421 g/mol. The number of halogens is 1. The normalized spacial score (nSPS) is 10.9. The first-order valence-electron chi connectivity index (χ1n) is 9.38. The number of nitrogens with zero attached hydrogens (tertiary/aromatic N) is 1. The summed E-state index contributed by atoms with van der Waals surface area (Å²) >= 11 is 6.30. The number of nitrogens with one attached hydrogen (secondary N) is 1. The van der Waals surface area contributed by atoms with Gasteiger partial charge in [0.15, 0.2) is 11.5 Å². The zero-order chi connectivity index (χ0) is 21.1. The van der Waals surface area contributed by atoms with Gasteiger partial charge in [0.05, 0.1) is 11.0 Å². The number of aryl methyl sites for hydroxylation is 1. The number of imidazole rings is 1. The fourth-order valence-corrected chi connectivity index (χ4v) is 3.33. The number of aromatic amines is 1. The number of aromatic nitrogens is 2. The van der Waals surface area contributed by atoms with E-state index in [1.165, 1.54) is 0 Å². The van der Waals surface area contributed by atoms with Gasteiger partial charge in [-0.3, -0.25) is 4.79 Å². The van der Waals surface area contributed by atoms with Crippen LogP contribution < -0.4 is 15.2 Å². The lowest BCUT2D eigenvalue weighted by atomic mass is 10.1. The average Bonchev–Trinajstić information content (AvgIpc) is 3.15. The lowest BCUT2D eigenvalue weighted by molar-refractivity contribution is 0.0999. The summed E-state index contributed by atoms with van der Waals surface area (Å²) in [5.74, 6) is 1.02. The summed E-state index contributed by atoms with van der Waals surface area (Å²) < 4.78 is 11.9. The first-order valence-corrected chi connectivity index (χ1v) is 9.75. The molecule has 0 saturated heterocycles. The van der Waals surface area contributed by atoms with Crippen molar-refractivity contribution >= 4 is 28.5 Å². The Morgan fingerprint density at radius 2 is 1.83 bits per heavy atom. The van der Waals surface area contributed by atoms with Crippen LogP contribution in [0.4, 0.5) is 0 Å². The van der Waals surface area contributed by atoms with Gasteiger partial charge in [0, 0.05) is 16.1 Å². The molecule has 30 heavy (non-hydrogen) atoms. The van der Waals surface area contributed by atoms with Crippen molar-refractivity contribution in [3.05, 3.63) is 88.2 Å². The van der Waals surface area contributed by atoms with Crippen LogP contribution in [0.15, 0.2) is 60.7 Å². The molecule has 0 unspecified atom stereocenters. The molecule has 4 aromatic rings. The number of carbonyl (C=O) groups excluding carboxylic acids is 1. The van der Waals surface area contributed by atoms with Gasteiger partial charge in [0.25, 0.3) is 0 Å². The number of rotatable bonds is 7. The van der Waals surface area contributed by atoms with Crippen molar-refractivity contribution in [3.8, 4) is 11.5 Å². The van der Waals surface area contributed by atoms with E-state index in [4.69, 9.17) is 26.8 Å². The fourth-order valence-electron chi connectivity index (χ4n) is 3.04. The second-order valence-electron chi connectivity index (χ2n) is 6.90. The van der Waals surface area contributed by atoms with Gasteiger partial charge in [0.1, 0.15) is 19.0 Å². The van der Waals surface area contributed by atoms with E-state index in [2.05, 4.69) is 9.97 Å². The van der Waals surface area contributed by atoms with Crippen LogP contribution in [0.25, 0.3) is 11.0 Å². The Balaban J connectivity index is 1.54. The molecule has 3 aromatic carbocycles. The van der Waals surface area contributed by atoms with Gasteiger partial charge in [-0.1, -0.05) is 35.9 Å². The third-order valence-corrected chi connectivity index (χ3v) is 4.97. The van der Waals surface area contributed by atoms with Crippen molar-refractivity contribution in [1.82, 2.24) is 9.97 Å². The maximum atomic E-state index is 11.6. The van der Waals surface area contributed by atoms with Gasteiger partial charge < -0.3 is 20.2 Å². The van der Waals surface area contributed by atoms with Gasteiger partial charge in [-0.15, -0.1) is 0 Å². The summed E-state index contributed by atoms with van der Waals surface area (Å²) in [6.45, 7) is 2.41. The van der Waals surface area contributed by atoms with Crippen LogP contribution in [-0.4, -0.2) is 15.9 Å². The molecule has 0 radical (unpaired) electrons. The largest absolute Gasteiger partial charge is 0.485 e. The number of ether oxygens (including phenoxy) is 2. The molecule has 6 nitrogen and oxygen atoms in total. The van der Waals surface area contributed by atoms with E-state index in [1.807, 2.05) is 49.4 Å². The van der Waals surface area contributed by atoms with Crippen LogP contribution >= 0.6 is 11.6 Å². The summed E-state index contributed by atoms with van der Waals surface area (Å²) in [5, 5.41) is 0.616. The Kier molecular flexibility index (Phi) is 5.59. The minimum atomic E-state index is -0.544. The number of amides is 1. The van der Waals surface area contributed by atoms with Crippen LogP contribution in [0.1, 0.15) is 27.3 Å². The van der Waals surface area contributed by atoms with E-state index in [1.54, 1.807) is 18.2 Å². The predicted octanol–water partition coefficient (Wildman–Crippen LogP) is 4.78. The van der Waals surface area contributed by atoms with Crippen molar-refractivity contribution < 1.29 is 14.3 Å². The van der Waals surface area contributed by atoms with E-state index in [-0.39, 0.29) is 13.2 Å². The van der Waals surface area contributed by atoms with E-state index in [0.717, 1.165) is 22.2 Å². The molecule has 0 aliphatic carbocycles. The minimum absolute atomic E-state index is 0.215. The topological polar surface area (TPSA) is 90.2 Å². The molecule has 0 fully saturated rings. The molecule has 0 bridgehead atoms. The molecule has 1 aromatic heterocycles. The number of benzene rings is 3. The molecular weight excluding hydrogens is 402 g/mol. The molecule has 0 saturated carbocycles. The number of para-hydroxylation sites is 2. The molecule has 0 aliphatic heterocycles. The Morgan fingerprint density at radius 3 is 2.60 bits per heavy atom. The highest BCUT2D eigenvalue weighted by atomic mass is 35.5. The highest BCUT2D eigenvalue weighted by Crippen LogP contribution is 2.31. The Labute approximate surface area is 178 Å². The van der Waals surface area contributed by atoms with E-state index >= 15 is 0 Å². The molecule has 7 heteroatoms. The molecule has 0 atom stereocenters. The highest BCUT2D eigenvalue weighted by Gasteiger charge is 2.12. The van der Waals surface area contributed by atoms with Crippen molar-refractivity contribution in [3.63, 3.8) is 0 Å². The first kappa shape index (κ1) is 19.8. The Bertz CT molecular complexity index is 1190. The maximum absolute atomic E-state index is 11.6. The van der Waals surface area contributed by atoms with E-state index in [0.29, 0.717) is 27.9 Å². The Morgan fingerprint density at radius 1 is 1.03 bits per heavy atom. The van der Waals surface area contributed by atoms with Gasteiger partial charge in [-0.2, -0.15) is 0 Å². The van der Waals surface area contributed by atoms with Crippen molar-refractivity contribution in [2.24, 2.45) is 5.73 Å². The molecule has 1 heterocycles. The fraction of sp³-hybridized carbons (Fsp3) is 0.130. The minimum Gasteiger partial charge on any atom is -0.485 e. The number of fused-ring (bicyclic) bond motifs is 1. The number of hydrogen-bond donors (Lipinski definition) is 2. The number of carbonyl (C=O) groups is 1. The van der Waals surface area contributed by atoms with Crippen LogP contribution in [0.5, 0.6) is 11.5 Å². The van der Waals surface area contributed by atoms with Crippen molar-refractivity contribution in [2.45, 2.75) is 20.1 Å². The zero-order valence-electron chi connectivity index (χ0n) is 16.3. The molecule has 0 aliphatic rings. The summed E-state index contributed by atoms with van der Waals surface area (Å²) in [6, 6.07) is 18.3. The first-order chi connectivity index (χ1) is 14.5. The van der Waals surface area contributed by atoms with Crippen LogP contribution in [0, 0.1) is 6.92 Å². The molecule has 0 spiro atoms. The second kappa shape index (κ2) is 8.47. The molecular formula is C23H20ClN3O3. The van der Waals surface area contributed by atoms with Crippen molar-refractivity contribution in [1.29, 1.82) is 0 Å². The summed E-state index contributed by atoms with van der Waals surface area (Å²) in [4.78, 5) is 19.3. The standard InChI is InChI=1S/C23H20ClN3O3/c1-14-6-7-16(17(24)10-14)12-29-21-11-15(23(25)28)8-9-20(21)30-13-22-26-18-4-2-3-5-19(18)27-22/h2-11H,12-13H2,1H3,(H2,25,28)(H,26,27). The smallest absolute Gasteiger partial charge is 0.248 e. The molecule has 4 rings (SSSR count). The van der Waals surface area contributed by atoms with Crippen LogP contribution in [0.2, 0.25) is 5.02 Å². The van der Waals surface area contributed by atoms with E-state index in [9.17, 15) is 4.79 Å². The highest BCUT2D eigenvalue weighted by molar-refractivity contribution is 6.31. The lowest BCUT2D eigenvalue weighted by Crippen LogP contribution is -2.11. The average molecular weight is 422 g/mol. The van der Waals surface area contributed by atoms with Crippen LogP contribution in [-0.2, 0) is 13.2 Å². The quantitative estimate of drug-likeness (QED) is 0.449. The second-order valence-corrected chi connectivity index (χ2v) is 7.31. The number of hydrogen-bond acceptors (Lipinski definition) is 4. The molecule has 1 amide bonds. The summed E-state index contributed by atoms with van der Waals surface area (Å²) in [5.41, 5.74) is 9.44. The van der Waals surface area contributed by atoms with Crippen molar-refractivity contribution in [2.75, 3.05) is 0 Å². The lowest BCUT2D eigenvalue weighted by Gasteiger charge is -2.14. The molecule has 3 N–H and O–H groups in total. The van der Waals surface area contributed by atoms with Gasteiger partial charge in [0.2, 0.25) is 5.91 Å². The SMILES string of the molecule is Cc1ccc(COc2cc(C(N)=O)ccc2OCc2nc3ccccc3[nH]2)c(Cl)c1. The Hall–Kier alpha value is -3.51. The number of H-pyrrole nitrogens is 1. The maximum Gasteiger partial charge on any atom is 0.248 e. The predicted molar refractivity (Wildman–Crippen MR) is 116 cm³/mol. The third kappa shape index (κ3) is 4.39. The van der Waals surface area contributed by atoms with Gasteiger partial charge >= 0.3 is 0 Å². The molecule has 152 valence electrons. The van der Waals surface area contributed by atoms with Crippen LogP contribution in [0.3, 0.4) is 0 Å². The number of primary amides is 1. The summed E-state index contributed by atoms with van der Waals surface area (Å²) in [6.07, 6.45) is 0. The van der Waals surface area contributed by atoms with E-state index < -0.39 is 5.91 Å². The summed E-state index contributed by atoms with van der Waals surface area (Å²) in [7, 11) is 0. The number of nitrogens with two attached hydrogens (primary N) is 1.